The molecule has 0 spiro atoms. The van der Waals surface area contributed by atoms with E-state index >= 15 is 0 Å². The van der Waals surface area contributed by atoms with Gasteiger partial charge in [-0.05, 0) is 80.3 Å². The van der Waals surface area contributed by atoms with Crippen LogP contribution in [0, 0.1) is 19.3 Å². The van der Waals surface area contributed by atoms with E-state index in [1.165, 1.54) is 22.3 Å². The number of rotatable bonds is 4. The number of hydrazone groups is 1. The lowest BCUT2D eigenvalue weighted by Crippen LogP contribution is -2.35. The molecular weight excluding hydrogens is 394 g/mol. The van der Waals surface area contributed by atoms with Crippen molar-refractivity contribution in [2.24, 2.45) is 10.1 Å². The van der Waals surface area contributed by atoms with Crippen LogP contribution < -0.4 is 0 Å². The zero-order valence-corrected chi connectivity index (χ0v) is 18.7. The summed E-state index contributed by atoms with van der Waals surface area (Å²) in [6.07, 6.45) is 2.87. The number of aryl methyl sites for hydroxylation is 1. The fourth-order valence-corrected chi connectivity index (χ4v) is 4.50. The predicted molar refractivity (Wildman–Crippen MR) is 125 cm³/mol. The van der Waals surface area contributed by atoms with Crippen molar-refractivity contribution in [1.29, 1.82) is 5.41 Å². The van der Waals surface area contributed by atoms with Gasteiger partial charge in [0.25, 0.3) is 5.91 Å². The number of fused-ring (bicyclic) bond motifs is 1. The van der Waals surface area contributed by atoms with Gasteiger partial charge in [0.05, 0.1) is 10.6 Å². The third-order valence-electron chi connectivity index (χ3n) is 5.66. The molecule has 0 saturated heterocycles. The largest absolute Gasteiger partial charge is 0.318 e. The van der Waals surface area contributed by atoms with Crippen molar-refractivity contribution < 1.29 is 4.79 Å². The van der Waals surface area contributed by atoms with E-state index in [2.05, 4.69) is 52.8 Å². The zero-order chi connectivity index (χ0) is 21.6. The molecule has 6 nitrogen and oxygen atoms in total. The normalized spacial score (nSPS) is 18.6. The molecule has 1 atom stereocenters. The molecule has 1 amide bonds. The number of thioether (sulfide) groups is 1. The number of amides is 1. The van der Waals surface area contributed by atoms with Crippen molar-refractivity contribution in [3.8, 4) is 5.69 Å². The number of aliphatic imine (C=N–C) groups is 1. The van der Waals surface area contributed by atoms with Gasteiger partial charge >= 0.3 is 0 Å². The number of benzene rings is 1. The molecule has 0 fully saturated rings. The average molecular weight is 420 g/mol. The number of carbonyl (C=O) groups excluding carboxylic acids is 1. The third kappa shape index (κ3) is 3.43. The first kappa shape index (κ1) is 20.3. The van der Waals surface area contributed by atoms with Crippen molar-refractivity contribution >= 4 is 39.8 Å². The molecule has 7 heteroatoms. The molecule has 0 aliphatic carbocycles. The first-order chi connectivity index (χ1) is 14.3. The molecule has 2 aliphatic rings. The monoisotopic (exact) mass is 419 g/mol. The van der Waals surface area contributed by atoms with Crippen molar-refractivity contribution in [2.75, 3.05) is 0 Å². The minimum absolute atomic E-state index is 0.0667. The van der Waals surface area contributed by atoms with Crippen LogP contribution in [-0.4, -0.2) is 31.5 Å². The zero-order valence-electron chi connectivity index (χ0n) is 17.9. The summed E-state index contributed by atoms with van der Waals surface area (Å²) < 4.78 is 2.17. The molecular formula is C23H25N5OS. The Morgan fingerprint density at radius 2 is 1.90 bits per heavy atom. The summed E-state index contributed by atoms with van der Waals surface area (Å²) in [5, 5.41) is 15.4. The van der Waals surface area contributed by atoms with Gasteiger partial charge in [-0.15, -0.1) is 0 Å². The minimum Gasteiger partial charge on any atom is -0.318 e. The van der Waals surface area contributed by atoms with Gasteiger partial charge in [-0.3, -0.25) is 10.2 Å². The molecule has 0 radical (unpaired) electrons. The summed E-state index contributed by atoms with van der Waals surface area (Å²) in [4.78, 5) is 16.7. The number of nitrogens with one attached hydrogen (secondary N) is 1. The van der Waals surface area contributed by atoms with E-state index in [4.69, 9.17) is 5.41 Å². The van der Waals surface area contributed by atoms with Gasteiger partial charge in [-0.25, -0.2) is 0 Å². The molecule has 1 aromatic carbocycles. The second-order valence-electron chi connectivity index (χ2n) is 7.70. The molecule has 2 aliphatic heterocycles. The third-order valence-corrected chi connectivity index (χ3v) is 6.48. The number of hydrogen-bond donors (Lipinski definition) is 1. The number of carbonyl (C=O) groups is 1. The smallest absolute Gasteiger partial charge is 0.283 e. The van der Waals surface area contributed by atoms with Crippen molar-refractivity contribution in [3.05, 3.63) is 58.4 Å². The van der Waals surface area contributed by atoms with Crippen LogP contribution in [0.4, 0.5) is 0 Å². The first-order valence-electron chi connectivity index (χ1n) is 10.1. The van der Waals surface area contributed by atoms with Gasteiger partial charge in [0.1, 0.15) is 0 Å². The highest BCUT2D eigenvalue weighted by Gasteiger charge is 2.34. The topological polar surface area (TPSA) is 73.8 Å². The fraction of sp³-hybridized carbons (Fsp3) is 0.304. The van der Waals surface area contributed by atoms with E-state index in [0.717, 1.165) is 34.1 Å². The summed E-state index contributed by atoms with van der Waals surface area (Å²) in [6.45, 7) is 10.4. The Labute approximate surface area is 180 Å². The maximum absolute atomic E-state index is 12.6. The number of amidine groups is 2. The van der Waals surface area contributed by atoms with Crippen LogP contribution in [0.3, 0.4) is 0 Å². The van der Waals surface area contributed by atoms with Crippen LogP contribution in [0.2, 0.25) is 0 Å². The molecule has 1 aromatic heterocycles. The summed E-state index contributed by atoms with van der Waals surface area (Å²) >= 11 is 1.31. The number of nitrogens with zero attached hydrogens (tertiary/aromatic N) is 4. The first-order valence-corrected chi connectivity index (χ1v) is 10.9. The maximum atomic E-state index is 12.6. The minimum atomic E-state index is -0.397. The average Bonchev–Trinajstić information content (AvgIpc) is 3.23. The summed E-state index contributed by atoms with van der Waals surface area (Å²) in [6, 6.07) is 10.7. The Kier molecular flexibility index (Phi) is 5.24. The van der Waals surface area contributed by atoms with Crippen molar-refractivity contribution in [1.82, 2.24) is 9.58 Å². The predicted octanol–water partition coefficient (Wildman–Crippen LogP) is 5.25. The Bertz CT molecular complexity index is 1140. The maximum Gasteiger partial charge on any atom is 0.283 e. The lowest BCUT2D eigenvalue weighted by atomic mass is 9.98. The van der Waals surface area contributed by atoms with Crippen LogP contribution in [0.5, 0.6) is 0 Å². The van der Waals surface area contributed by atoms with Crippen molar-refractivity contribution in [2.45, 2.75) is 47.0 Å². The van der Waals surface area contributed by atoms with Crippen molar-refractivity contribution in [3.63, 3.8) is 0 Å². The molecule has 3 heterocycles. The number of aromatic nitrogens is 1. The van der Waals surface area contributed by atoms with E-state index < -0.39 is 5.91 Å². The van der Waals surface area contributed by atoms with E-state index in [9.17, 15) is 4.79 Å². The Hall–Kier alpha value is -2.93. The quantitative estimate of drug-likeness (QED) is 0.688. The van der Waals surface area contributed by atoms with Gasteiger partial charge in [0.15, 0.2) is 5.84 Å². The van der Waals surface area contributed by atoms with Crippen LogP contribution in [0.1, 0.15) is 55.6 Å². The molecule has 2 aromatic rings. The number of hydrogen-bond acceptors (Lipinski definition) is 4. The SMILES string of the molecule is CC[C@@H](C)c1ccc(-n2c(C)cc(/C=C3\C(=N)N4N=C(C)SC4=NC3=O)c2C)cc1. The summed E-state index contributed by atoms with van der Waals surface area (Å²) in [7, 11) is 0. The highest BCUT2D eigenvalue weighted by molar-refractivity contribution is 8.26. The second kappa shape index (κ2) is 7.72. The van der Waals surface area contributed by atoms with Crippen LogP contribution in [0.25, 0.3) is 11.8 Å². The van der Waals surface area contributed by atoms with Gasteiger partial charge in [0.2, 0.25) is 5.17 Å². The molecule has 1 N–H and O–H groups in total. The molecule has 0 bridgehead atoms. The fourth-order valence-electron chi connectivity index (χ4n) is 3.76. The van der Waals surface area contributed by atoms with E-state index in [0.29, 0.717) is 11.1 Å². The van der Waals surface area contributed by atoms with Crippen LogP contribution in [-0.2, 0) is 4.79 Å². The van der Waals surface area contributed by atoms with Crippen LogP contribution in [0.15, 0.2) is 46.0 Å². The molecule has 30 heavy (non-hydrogen) atoms. The lowest BCUT2D eigenvalue weighted by Gasteiger charge is -2.20. The standard InChI is InChI=1S/C23H25N5OS/c1-6-13(2)17-7-9-19(10-8-17)27-14(3)11-18(15(27)4)12-20-21(24)28-23(25-22(20)29)30-16(5)26-28/h7-13,24H,6H2,1-5H3/b20-12+,24-21?/t13-/m1/s1. The van der Waals surface area contributed by atoms with Gasteiger partial charge in [0, 0.05) is 17.1 Å². The highest BCUT2D eigenvalue weighted by Crippen LogP contribution is 2.30. The van der Waals surface area contributed by atoms with Gasteiger partial charge < -0.3 is 4.57 Å². The van der Waals surface area contributed by atoms with E-state index in [-0.39, 0.29) is 11.4 Å². The Balaban J connectivity index is 1.71. The van der Waals surface area contributed by atoms with Crippen LogP contribution >= 0.6 is 11.8 Å². The highest BCUT2D eigenvalue weighted by atomic mass is 32.2. The summed E-state index contributed by atoms with van der Waals surface area (Å²) in [5.41, 5.74) is 5.66. The molecule has 154 valence electrons. The Morgan fingerprint density at radius 1 is 1.20 bits per heavy atom. The van der Waals surface area contributed by atoms with E-state index in [1.807, 2.05) is 26.8 Å². The lowest BCUT2D eigenvalue weighted by molar-refractivity contribution is -0.114. The molecule has 0 unspecified atom stereocenters. The molecule has 0 saturated carbocycles. The molecule has 4 rings (SSSR count). The second-order valence-corrected chi connectivity index (χ2v) is 8.86. The summed E-state index contributed by atoms with van der Waals surface area (Å²) in [5.74, 6) is 0.207. The van der Waals surface area contributed by atoms with Gasteiger partial charge in [-0.1, -0.05) is 26.0 Å². The van der Waals surface area contributed by atoms with E-state index in [1.54, 1.807) is 6.08 Å². The Morgan fingerprint density at radius 3 is 2.57 bits per heavy atom. The van der Waals surface area contributed by atoms with Gasteiger partial charge in [-0.2, -0.15) is 15.1 Å².